The lowest BCUT2D eigenvalue weighted by molar-refractivity contribution is 0.0600. The third-order valence-corrected chi connectivity index (χ3v) is 5.17. The van der Waals surface area contributed by atoms with Gasteiger partial charge < -0.3 is 10.1 Å². The molecule has 2 aromatic carbocycles. The van der Waals surface area contributed by atoms with Gasteiger partial charge in [0.15, 0.2) is 5.82 Å². The van der Waals surface area contributed by atoms with Gasteiger partial charge in [0.2, 0.25) is 0 Å². The molecule has 0 spiro atoms. The Hall–Kier alpha value is -3.55. The molecule has 1 amide bonds. The summed E-state index contributed by atoms with van der Waals surface area (Å²) in [6, 6.07) is 9.32. The lowest BCUT2D eigenvalue weighted by Crippen LogP contribution is -2.31. The van der Waals surface area contributed by atoms with Crippen LogP contribution >= 0.6 is 0 Å². The van der Waals surface area contributed by atoms with Crippen LogP contribution in [0.3, 0.4) is 0 Å². The van der Waals surface area contributed by atoms with Crippen molar-refractivity contribution in [2.24, 2.45) is 0 Å². The first kappa shape index (κ1) is 19.8. The Morgan fingerprint density at radius 2 is 1.97 bits per heavy atom. The molecule has 0 saturated heterocycles. The van der Waals surface area contributed by atoms with Crippen molar-refractivity contribution >= 4 is 11.9 Å². The second-order valence-electron chi connectivity index (χ2n) is 7.04. The third kappa shape index (κ3) is 3.68. The highest BCUT2D eigenvalue weighted by atomic mass is 19.1. The average molecular weight is 411 g/mol. The summed E-state index contributed by atoms with van der Waals surface area (Å²) in [4.78, 5) is 24.5. The number of fused-ring (bicyclic) bond motifs is 1. The number of methoxy groups -OCH3 is 1. The minimum Gasteiger partial charge on any atom is -0.465 e. The fraction of sp³-hybridized carbons (Fsp3) is 0.227. The van der Waals surface area contributed by atoms with Crippen LogP contribution in [0.1, 0.15) is 50.9 Å². The molecular formula is C22H19F2N3O3. The van der Waals surface area contributed by atoms with E-state index >= 15 is 0 Å². The number of benzene rings is 2. The molecule has 1 atom stereocenters. The van der Waals surface area contributed by atoms with Crippen molar-refractivity contribution in [2.45, 2.75) is 25.3 Å². The normalized spacial score (nSPS) is 15.4. The maximum atomic E-state index is 14.2. The van der Waals surface area contributed by atoms with Crippen molar-refractivity contribution in [3.05, 3.63) is 82.7 Å². The zero-order valence-electron chi connectivity index (χ0n) is 16.2. The Morgan fingerprint density at radius 3 is 2.73 bits per heavy atom. The van der Waals surface area contributed by atoms with E-state index in [0.29, 0.717) is 18.4 Å². The lowest BCUT2D eigenvalue weighted by atomic mass is 9.92. The molecule has 3 aromatic rings. The monoisotopic (exact) mass is 411 g/mol. The van der Waals surface area contributed by atoms with Gasteiger partial charge in [-0.25, -0.2) is 18.3 Å². The van der Waals surface area contributed by atoms with Gasteiger partial charge in [-0.3, -0.25) is 4.79 Å². The number of hydrogen-bond acceptors (Lipinski definition) is 4. The minimum atomic E-state index is -0.702. The molecule has 30 heavy (non-hydrogen) atoms. The molecule has 154 valence electrons. The molecule has 0 saturated carbocycles. The molecule has 1 aliphatic carbocycles. The van der Waals surface area contributed by atoms with Crippen molar-refractivity contribution in [1.82, 2.24) is 15.1 Å². The molecule has 4 rings (SSSR count). The molecule has 0 radical (unpaired) electrons. The standard InChI is InChI=1S/C22H19F2N3O3/c1-30-22(29)14-5-2-4-13(10-14)21(28)26-18-6-3-7-19-16(18)12-25-27(19)20-9-8-15(23)11-17(20)24/h2,4-5,8-12,18H,3,6-7H2,1H3,(H,26,28). The smallest absolute Gasteiger partial charge is 0.337 e. The number of ether oxygens (including phenoxy) is 1. The Bertz CT molecular complexity index is 1130. The number of carbonyl (C=O) groups is 2. The van der Waals surface area contributed by atoms with Crippen LogP contribution in [0.5, 0.6) is 0 Å². The van der Waals surface area contributed by atoms with Crippen LogP contribution in [0, 0.1) is 11.6 Å². The quantitative estimate of drug-likeness (QED) is 0.664. The molecule has 0 bridgehead atoms. The summed E-state index contributed by atoms with van der Waals surface area (Å²) in [6.45, 7) is 0. The number of esters is 1. The second kappa shape index (κ2) is 8.06. The summed E-state index contributed by atoms with van der Waals surface area (Å²) in [5.41, 5.74) is 2.36. The van der Waals surface area contributed by atoms with Gasteiger partial charge >= 0.3 is 5.97 Å². The van der Waals surface area contributed by atoms with Crippen molar-refractivity contribution in [3.63, 3.8) is 0 Å². The Morgan fingerprint density at radius 1 is 1.17 bits per heavy atom. The van der Waals surface area contributed by atoms with Crippen LogP contribution in [-0.4, -0.2) is 28.8 Å². The third-order valence-electron chi connectivity index (χ3n) is 5.17. The van der Waals surface area contributed by atoms with Gasteiger partial charge in [-0.15, -0.1) is 0 Å². The highest BCUT2D eigenvalue weighted by Gasteiger charge is 2.27. The van der Waals surface area contributed by atoms with Crippen LogP contribution in [0.2, 0.25) is 0 Å². The van der Waals surface area contributed by atoms with Crippen LogP contribution in [0.4, 0.5) is 8.78 Å². The number of aromatic nitrogens is 2. The topological polar surface area (TPSA) is 73.2 Å². The van der Waals surface area contributed by atoms with Crippen molar-refractivity contribution in [2.75, 3.05) is 7.11 Å². The van der Waals surface area contributed by atoms with E-state index in [9.17, 15) is 18.4 Å². The van der Waals surface area contributed by atoms with E-state index in [1.54, 1.807) is 24.4 Å². The fourth-order valence-electron chi connectivity index (χ4n) is 3.71. The van der Waals surface area contributed by atoms with E-state index in [1.807, 2.05) is 0 Å². The summed E-state index contributed by atoms with van der Waals surface area (Å²) in [5, 5.41) is 7.24. The second-order valence-corrected chi connectivity index (χ2v) is 7.04. The molecule has 8 heteroatoms. The van der Waals surface area contributed by atoms with E-state index in [4.69, 9.17) is 4.74 Å². The zero-order chi connectivity index (χ0) is 21.3. The number of hydrogen-bond donors (Lipinski definition) is 1. The van der Waals surface area contributed by atoms with Gasteiger partial charge in [0, 0.05) is 22.9 Å². The van der Waals surface area contributed by atoms with E-state index < -0.39 is 17.6 Å². The summed E-state index contributed by atoms with van der Waals surface area (Å²) < 4.78 is 33.6. The fourth-order valence-corrected chi connectivity index (χ4v) is 3.71. The predicted molar refractivity (Wildman–Crippen MR) is 104 cm³/mol. The molecule has 0 fully saturated rings. The predicted octanol–water partition coefficient (Wildman–Crippen LogP) is 3.74. The first-order chi connectivity index (χ1) is 14.5. The lowest BCUT2D eigenvalue weighted by Gasteiger charge is -2.24. The summed E-state index contributed by atoms with van der Waals surface area (Å²) in [6.07, 6.45) is 3.74. The van der Waals surface area contributed by atoms with E-state index in [0.717, 1.165) is 23.7 Å². The van der Waals surface area contributed by atoms with Gasteiger partial charge in [0.05, 0.1) is 24.9 Å². The Balaban J connectivity index is 1.59. The molecular weight excluding hydrogens is 392 g/mol. The van der Waals surface area contributed by atoms with Gasteiger partial charge in [0.1, 0.15) is 11.5 Å². The van der Waals surface area contributed by atoms with Gasteiger partial charge in [-0.05, 0) is 49.6 Å². The number of carbonyl (C=O) groups excluding carboxylic acids is 2. The SMILES string of the molecule is COC(=O)c1cccc(C(=O)NC2CCCc3c2cnn3-c2ccc(F)cc2F)c1. The van der Waals surface area contributed by atoms with Gasteiger partial charge in [-0.1, -0.05) is 6.07 Å². The number of halogens is 2. The van der Waals surface area contributed by atoms with Crippen molar-refractivity contribution in [1.29, 1.82) is 0 Å². The number of nitrogens with zero attached hydrogens (tertiary/aromatic N) is 2. The highest BCUT2D eigenvalue weighted by molar-refractivity contribution is 5.98. The first-order valence-electron chi connectivity index (χ1n) is 9.49. The molecule has 0 aliphatic heterocycles. The molecule has 1 aromatic heterocycles. The zero-order valence-corrected chi connectivity index (χ0v) is 16.2. The van der Waals surface area contributed by atoms with Crippen LogP contribution in [-0.2, 0) is 11.2 Å². The molecule has 1 heterocycles. The maximum Gasteiger partial charge on any atom is 0.337 e. The number of nitrogens with one attached hydrogen (secondary N) is 1. The average Bonchev–Trinajstić information content (AvgIpc) is 3.18. The van der Waals surface area contributed by atoms with Crippen LogP contribution in [0.25, 0.3) is 5.69 Å². The first-order valence-corrected chi connectivity index (χ1v) is 9.49. The maximum absolute atomic E-state index is 14.2. The van der Waals surface area contributed by atoms with E-state index in [2.05, 4.69) is 10.4 Å². The van der Waals surface area contributed by atoms with E-state index in [1.165, 1.54) is 30.0 Å². The Kier molecular flexibility index (Phi) is 5.31. The molecule has 6 nitrogen and oxygen atoms in total. The minimum absolute atomic E-state index is 0.162. The summed E-state index contributed by atoms with van der Waals surface area (Å²) in [7, 11) is 1.28. The van der Waals surface area contributed by atoms with E-state index in [-0.39, 0.29) is 23.2 Å². The molecule has 1 unspecified atom stereocenters. The van der Waals surface area contributed by atoms with Gasteiger partial charge in [0.25, 0.3) is 5.91 Å². The number of rotatable bonds is 4. The van der Waals surface area contributed by atoms with Crippen molar-refractivity contribution < 1.29 is 23.1 Å². The van der Waals surface area contributed by atoms with Crippen LogP contribution in [0.15, 0.2) is 48.7 Å². The number of amides is 1. The van der Waals surface area contributed by atoms with Crippen LogP contribution < -0.4 is 5.32 Å². The highest BCUT2D eigenvalue weighted by Crippen LogP contribution is 2.32. The largest absolute Gasteiger partial charge is 0.465 e. The van der Waals surface area contributed by atoms with Gasteiger partial charge in [-0.2, -0.15) is 5.10 Å². The molecule has 1 aliphatic rings. The summed E-state index contributed by atoms with van der Waals surface area (Å²) >= 11 is 0. The summed E-state index contributed by atoms with van der Waals surface area (Å²) in [5.74, 6) is -2.21. The molecule has 1 N–H and O–H groups in total. The van der Waals surface area contributed by atoms with Crippen molar-refractivity contribution in [3.8, 4) is 5.69 Å². The Labute approximate surface area is 171 Å².